The summed E-state index contributed by atoms with van der Waals surface area (Å²) in [5, 5.41) is 1.01. The van der Waals surface area contributed by atoms with Gasteiger partial charge in [-0.1, -0.05) is 23.2 Å². The number of hydrogen-bond acceptors (Lipinski definition) is 3. The van der Waals surface area contributed by atoms with Gasteiger partial charge in [0.15, 0.2) is 0 Å². The van der Waals surface area contributed by atoms with Crippen LogP contribution in [0.1, 0.15) is 0 Å². The number of rotatable bonds is 1. The summed E-state index contributed by atoms with van der Waals surface area (Å²) in [5.74, 6) is 0.314. The van der Waals surface area contributed by atoms with Crippen LogP contribution in [0, 0.1) is 0 Å². The van der Waals surface area contributed by atoms with Crippen LogP contribution in [0.2, 0.25) is 10.0 Å². The summed E-state index contributed by atoms with van der Waals surface area (Å²) in [5.41, 5.74) is 7.08. The molecule has 2 N–H and O–H groups in total. The average Bonchev–Trinajstić information content (AvgIpc) is 2.23. The van der Waals surface area contributed by atoms with Crippen molar-refractivity contribution < 1.29 is 0 Å². The Kier molecular flexibility index (Phi) is 2.75. The number of aromatic nitrogens is 2. The van der Waals surface area contributed by atoms with Crippen molar-refractivity contribution in [2.75, 3.05) is 5.73 Å². The summed E-state index contributed by atoms with van der Waals surface area (Å²) in [6.45, 7) is 0. The second kappa shape index (κ2) is 4.04. The first-order chi connectivity index (χ1) is 7.16. The second-order valence-corrected chi connectivity index (χ2v) is 3.80. The predicted molar refractivity (Wildman–Crippen MR) is 61.9 cm³/mol. The summed E-state index contributed by atoms with van der Waals surface area (Å²) in [6, 6.07) is 5.28. The van der Waals surface area contributed by atoms with E-state index in [0.29, 0.717) is 15.9 Å². The highest BCUT2D eigenvalue weighted by Crippen LogP contribution is 2.24. The molecule has 0 radical (unpaired) electrons. The molecule has 0 saturated carbocycles. The molecule has 0 aliphatic heterocycles. The van der Waals surface area contributed by atoms with E-state index in [9.17, 15) is 0 Å². The molecule has 0 aliphatic rings. The number of nitrogens with zero attached hydrogens (tertiary/aromatic N) is 2. The third-order valence-corrected chi connectivity index (χ3v) is 2.42. The molecule has 0 spiro atoms. The van der Waals surface area contributed by atoms with Crippen molar-refractivity contribution in [1.29, 1.82) is 0 Å². The molecule has 0 aromatic carbocycles. The Morgan fingerprint density at radius 1 is 1.07 bits per heavy atom. The van der Waals surface area contributed by atoms with Crippen molar-refractivity contribution in [2.24, 2.45) is 0 Å². The number of nitrogen functional groups attached to an aromatic ring is 1. The third-order valence-electron chi connectivity index (χ3n) is 1.89. The normalized spacial score (nSPS) is 10.3. The lowest BCUT2D eigenvalue weighted by molar-refractivity contribution is 1.28. The Bertz CT molecular complexity index is 483. The molecular weight excluding hydrogens is 233 g/mol. The van der Waals surface area contributed by atoms with Crippen molar-refractivity contribution >= 4 is 29.0 Å². The fourth-order valence-electron chi connectivity index (χ4n) is 1.14. The van der Waals surface area contributed by atoms with Gasteiger partial charge in [-0.2, -0.15) is 0 Å². The Labute approximate surface area is 96.9 Å². The zero-order chi connectivity index (χ0) is 10.8. The van der Waals surface area contributed by atoms with Gasteiger partial charge in [0.1, 0.15) is 5.82 Å². The highest BCUT2D eigenvalue weighted by atomic mass is 35.5. The van der Waals surface area contributed by atoms with Crippen LogP contribution in [-0.4, -0.2) is 9.97 Å². The maximum Gasteiger partial charge on any atom is 0.142 e. The highest BCUT2D eigenvalue weighted by molar-refractivity contribution is 6.33. The van der Waals surface area contributed by atoms with Gasteiger partial charge in [0.05, 0.1) is 15.7 Å². The Hall–Kier alpha value is -1.32. The Morgan fingerprint density at radius 3 is 2.47 bits per heavy atom. The zero-order valence-electron chi connectivity index (χ0n) is 7.61. The van der Waals surface area contributed by atoms with Crippen molar-refractivity contribution in [3.05, 3.63) is 40.6 Å². The number of anilines is 1. The molecule has 15 heavy (non-hydrogen) atoms. The maximum atomic E-state index is 5.85. The van der Waals surface area contributed by atoms with Crippen LogP contribution in [0.4, 0.5) is 5.82 Å². The van der Waals surface area contributed by atoms with Gasteiger partial charge in [0, 0.05) is 18.0 Å². The topological polar surface area (TPSA) is 51.8 Å². The first-order valence-electron chi connectivity index (χ1n) is 4.20. The molecule has 0 amide bonds. The summed E-state index contributed by atoms with van der Waals surface area (Å²) in [4.78, 5) is 8.10. The fourth-order valence-corrected chi connectivity index (χ4v) is 1.41. The van der Waals surface area contributed by atoms with E-state index >= 15 is 0 Å². The van der Waals surface area contributed by atoms with Crippen LogP contribution >= 0.6 is 23.2 Å². The molecule has 3 nitrogen and oxygen atoms in total. The number of pyridine rings is 2. The van der Waals surface area contributed by atoms with E-state index in [4.69, 9.17) is 28.9 Å². The van der Waals surface area contributed by atoms with Gasteiger partial charge >= 0.3 is 0 Å². The summed E-state index contributed by atoms with van der Waals surface area (Å²) in [6.07, 6.45) is 3.19. The number of halogens is 2. The Morgan fingerprint density at radius 2 is 1.87 bits per heavy atom. The van der Waals surface area contributed by atoms with Crippen molar-refractivity contribution in [3.8, 4) is 11.3 Å². The molecular formula is C10H7Cl2N3. The number of hydrogen-bond donors (Lipinski definition) is 1. The molecule has 5 heteroatoms. The highest BCUT2D eigenvalue weighted by Gasteiger charge is 2.03. The molecule has 0 bridgehead atoms. The van der Waals surface area contributed by atoms with E-state index in [1.165, 1.54) is 0 Å². The van der Waals surface area contributed by atoms with Gasteiger partial charge in [0.2, 0.25) is 0 Å². The quantitative estimate of drug-likeness (QED) is 0.833. The first kappa shape index (κ1) is 10.2. The van der Waals surface area contributed by atoms with Crippen LogP contribution in [0.5, 0.6) is 0 Å². The maximum absolute atomic E-state index is 5.85. The summed E-state index contributed by atoms with van der Waals surface area (Å²) >= 11 is 11.6. The van der Waals surface area contributed by atoms with E-state index in [1.54, 1.807) is 30.6 Å². The minimum Gasteiger partial charge on any atom is -0.382 e. The Balaban J connectivity index is 2.45. The van der Waals surface area contributed by atoms with Crippen molar-refractivity contribution in [2.45, 2.75) is 0 Å². The molecule has 0 saturated heterocycles. The van der Waals surface area contributed by atoms with Crippen LogP contribution in [0.15, 0.2) is 30.6 Å². The molecule has 2 rings (SSSR count). The van der Waals surface area contributed by atoms with Gasteiger partial charge < -0.3 is 5.73 Å². The van der Waals surface area contributed by atoms with E-state index in [1.807, 2.05) is 0 Å². The standard InChI is InChI=1S/C10H7Cl2N3/c11-7-1-2-9(14-5-7)6-3-8(12)10(13)15-4-6/h1-5H,(H2,13,15). The van der Waals surface area contributed by atoms with Crippen LogP contribution in [-0.2, 0) is 0 Å². The second-order valence-electron chi connectivity index (χ2n) is 2.95. The zero-order valence-corrected chi connectivity index (χ0v) is 9.13. The minimum absolute atomic E-state index is 0.314. The van der Waals surface area contributed by atoms with Crippen LogP contribution in [0.25, 0.3) is 11.3 Å². The van der Waals surface area contributed by atoms with Gasteiger partial charge in [-0.3, -0.25) is 4.98 Å². The summed E-state index contributed by atoms with van der Waals surface area (Å²) in [7, 11) is 0. The third kappa shape index (κ3) is 2.19. The monoisotopic (exact) mass is 239 g/mol. The molecule has 2 aromatic rings. The van der Waals surface area contributed by atoms with Gasteiger partial charge in [-0.05, 0) is 18.2 Å². The molecule has 76 valence electrons. The molecule has 0 atom stereocenters. The molecule has 0 fully saturated rings. The van der Waals surface area contributed by atoms with Gasteiger partial charge in [-0.15, -0.1) is 0 Å². The molecule has 0 unspecified atom stereocenters. The first-order valence-corrected chi connectivity index (χ1v) is 4.95. The van der Waals surface area contributed by atoms with Crippen LogP contribution < -0.4 is 5.73 Å². The van der Waals surface area contributed by atoms with E-state index < -0.39 is 0 Å². The van der Waals surface area contributed by atoms with E-state index in [0.717, 1.165) is 11.3 Å². The molecule has 2 heterocycles. The fraction of sp³-hybridized carbons (Fsp3) is 0. The smallest absolute Gasteiger partial charge is 0.142 e. The largest absolute Gasteiger partial charge is 0.382 e. The van der Waals surface area contributed by atoms with Crippen molar-refractivity contribution in [1.82, 2.24) is 9.97 Å². The lowest BCUT2D eigenvalue weighted by Gasteiger charge is -2.02. The predicted octanol–water partition coefficient (Wildman–Crippen LogP) is 3.03. The lowest BCUT2D eigenvalue weighted by Crippen LogP contribution is -1.92. The van der Waals surface area contributed by atoms with E-state index in [2.05, 4.69) is 9.97 Å². The van der Waals surface area contributed by atoms with Gasteiger partial charge in [-0.25, -0.2) is 4.98 Å². The average molecular weight is 240 g/mol. The van der Waals surface area contributed by atoms with Crippen LogP contribution in [0.3, 0.4) is 0 Å². The number of nitrogens with two attached hydrogens (primary N) is 1. The summed E-state index contributed by atoms with van der Waals surface area (Å²) < 4.78 is 0. The van der Waals surface area contributed by atoms with E-state index in [-0.39, 0.29) is 0 Å². The lowest BCUT2D eigenvalue weighted by atomic mass is 10.2. The van der Waals surface area contributed by atoms with Gasteiger partial charge in [0.25, 0.3) is 0 Å². The SMILES string of the molecule is Nc1ncc(-c2ccc(Cl)cn2)cc1Cl. The van der Waals surface area contributed by atoms with Crippen molar-refractivity contribution in [3.63, 3.8) is 0 Å². The molecule has 0 aliphatic carbocycles. The minimum atomic E-state index is 0.314. The molecule has 2 aromatic heterocycles.